The molecule has 1 aromatic heterocycles. The molecule has 2 fully saturated rings. The number of hydrogen-bond donors (Lipinski definition) is 1. The van der Waals surface area contributed by atoms with Gasteiger partial charge in [0.05, 0.1) is 6.10 Å². The van der Waals surface area contributed by atoms with Crippen LogP contribution in [0.4, 0.5) is 5.13 Å². The maximum absolute atomic E-state index is 9.58. The lowest BCUT2D eigenvalue weighted by Gasteiger charge is -2.32. The summed E-state index contributed by atoms with van der Waals surface area (Å²) in [6, 6.07) is 0. The second-order valence-electron chi connectivity index (χ2n) is 5.27. The van der Waals surface area contributed by atoms with E-state index in [4.69, 9.17) is 0 Å². The minimum absolute atomic E-state index is 0.173. The van der Waals surface area contributed by atoms with Crippen LogP contribution in [0.3, 0.4) is 0 Å². The molecule has 94 valence electrons. The van der Waals surface area contributed by atoms with E-state index < -0.39 is 0 Å². The van der Waals surface area contributed by atoms with Gasteiger partial charge in [0.1, 0.15) is 5.82 Å². The highest BCUT2D eigenvalue weighted by atomic mass is 32.1. The Morgan fingerprint density at radius 1 is 1.29 bits per heavy atom. The van der Waals surface area contributed by atoms with Crippen LogP contribution in [-0.4, -0.2) is 33.7 Å². The Morgan fingerprint density at radius 2 is 2.00 bits per heavy atom. The molecule has 1 aromatic rings. The number of anilines is 1. The summed E-state index contributed by atoms with van der Waals surface area (Å²) in [5.74, 6) is 2.17. The lowest BCUT2D eigenvalue weighted by Crippen LogP contribution is -2.36. The zero-order valence-corrected chi connectivity index (χ0v) is 11.0. The Kier molecular flexibility index (Phi) is 3.04. The Bertz CT molecular complexity index is 381. The summed E-state index contributed by atoms with van der Waals surface area (Å²) in [6.45, 7) is 3.92. The first-order valence-electron chi connectivity index (χ1n) is 6.50. The van der Waals surface area contributed by atoms with Crippen molar-refractivity contribution in [2.75, 3.05) is 18.0 Å². The van der Waals surface area contributed by atoms with Crippen LogP contribution in [-0.2, 0) is 0 Å². The summed E-state index contributed by atoms with van der Waals surface area (Å²) in [5.41, 5.74) is 0. The maximum Gasteiger partial charge on any atom is 0.205 e. The second-order valence-corrected chi connectivity index (χ2v) is 6.00. The summed E-state index contributed by atoms with van der Waals surface area (Å²) in [6.07, 6.45) is 4.49. The zero-order chi connectivity index (χ0) is 11.8. The molecule has 17 heavy (non-hydrogen) atoms. The highest BCUT2D eigenvalue weighted by Crippen LogP contribution is 2.40. The second kappa shape index (κ2) is 4.53. The van der Waals surface area contributed by atoms with Gasteiger partial charge in [0.2, 0.25) is 5.13 Å². The molecule has 4 nitrogen and oxygen atoms in total. The fraction of sp³-hybridized carbons (Fsp3) is 0.833. The molecule has 0 amide bonds. The van der Waals surface area contributed by atoms with Crippen molar-refractivity contribution in [3.8, 4) is 0 Å². The number of piperidine rings is 1. The fourth-order valence-electron chi connectivity index (χ4n) is 2.44. The van der Waals surface area contributed by atoms with E-state index >= 15 is 0 Å². The van der Waals surface area contributed by atoms with Crippen molar-refractivity contribution in [3.05, 3.63) is 5.82 Å². The molecule has 0 spiro atoms. The maximum atomic E-state index is 9.58. The summed E-state index contributed by atoms with van der Waals surface area (Å²) in [5, 5.41) is 10.7. The monoisotopic (exact) mass is 253 g/mol. The standard InChI is InChI=1S/C12H19N3OS/c1-8(16)9-4-6-15(7-5-9)12-13-11(14-17-12)10-2-3-10/h8-10,16H,2-7H2,1H3. The van der Waals surface area contributed by atoms with Crippen molar-refractivity contribution in [2.24, 2.45) is 5.92 Å². The van der Waals surface area contributed by atoms with Crippen molar-refractivity contribution < 1.29 is 5.11 Å². The van der Waals surface area contributed by atoms with Crippen LogP contribution in [0, 0.1) is 5.92 Å². The predicted molar refractivity (Wildman–Crippen MR) is 68.5 cm³/mol. The molecular formula is C12H19N3OS. The van der Waals surface area contributed by atoms with E-state index in [1.54, 1.807) is 0 Å². The van der Waals surface area contributed by atoms with Gasteiger partial charge in [-0.3, -0.25) is 0 Å². The van der Waals surface area contributed by atoms with Gasteiger partial charge in [-0.25, -0.2) is 4.98 Å². The van der Waals surface area contributed by atoms with Crippen LogP contribution < -0.4 is 4.90 Å². The van der Waals surface area contributed by atoms with Gasteiger partial charge >= 0.3 is 0 Å². The summed E-state index contributed by atoms with van der Waals surface area (Å²) in [7, 11) is 0. The third-order valence-corrected chi connectivity index (χ3v) is 4.66. The van der Waals surface area contributed by atoms with Crippen LogP contribution in [0.15, 0.2) is 0 Å². The molecule has 0 aromatic carbocycles. The Morgan fingerprint density at radius 3 is 2.59 bits per heavy atom. The van der Waals surface area contributed by atoms with Crippen LogP contribution in [0.2, 0.25) is 0 Å². The van der Waals surface area contributed by atoms with E-state index in [2.05, 4.69) is 14.3 Å². The topological polar surface area (TPSA) is 49.2 Å². The highest BCUT2D eigenvalue weighted by molar-refractivity contribution is 7.09. The first kappa shape index (κ1) is 11.4. The van der Waals surface area contributed by atoms with Gasteiger partial charge in [-0.2, -0.15) is 4.37 Å². The summed E-state index contributed by atoms with van der Waals surface area (Å²) in [4.78, 5) is 6.96. The van der Waals surface area contributed by atoms with Crippen molar-refractivity contribution >= 4 is 16.7 Å². The van der Waals surface area contributed by atoms with E-state index in [9.17, 15) is 5.11 Å². The number of rotatable bonds is 3. The van der Waals surface area contributed by atoms with E-state index in [0.717, 1.165) is 36.9 Å². The van der Waals surface area contributed by atoms with Crippen LogP contribution in [0.5, 0.6) is 0 Å². The van der Waals surface area contributed by atoms with Crippen molar-refractivity contribution in [2.45, 2.75) is 44.6 Å². The zero-order valence-electron chi connectivity index (χ0n) is 10.2. The predicted octanol–water partition coefficient (Wildman–Crippen LogP) is 2.01. The Hall–Kier alpha value is -0.680. The molecule has 1 atom stereocenters. The van der Waals surface area contributed by atoms with Gasteiger partial charge in [0.25, 0.3) is 0 Å². The number of hydrogen-bond acceptors (Lipinski definition) is 5. The minimum atomic E-state index is -0.173. The van der Waals surface area contributed by atoms with Gasteiger partial charge in [-0.05, 0) is 38.5 Å². The van der Waals surface area contributed by atoms with Crippen LogP contribution in [0.1, 0.15) is 44.3 Å². The van der Waals surface area contributed by atoms with E-state index in [1.807, 2.05) is 6.92 Å². The molecular weight excluding hydrogens is 234 g/mol. The molecule has 0 bridgehead atoms. The molecule has 3 rings (SSSR count). The van der Waals surface area contributed by atoms with Gasteiger partial charge in [0, 0.05) is 30.5 Å². The largest absolute Gasteiger partial charge is 0.393 e. The summed E-state index contributed by atoms with van der Waals surface area (Å²) < 4.78 is 4.45. The van der Waals surface area contributed by atoms with Crippen LogP contribution in [0.25, 0.3) is 0 Å². The lowest BCUT2D eigenvalue weighted by molar-refractivity contribution is 0.110. The van der Waals surface area contributed by atoms with Gasteiger partial charge in [-0.1, -0.05) is 0 Å². The molecule has 5 heteroatoms. The van der Waals surface area contributed by atoms with Gasteiger partial charge in [-0.15, -0.1) is 0 Å². The third-order valence-electron chi connectivity index (χ3n) is 3.87. The average molecular weight is 253 g/mol. The molecule has 1 saturated heterocycles. The molecule has 1 unspecified atom stereocenters. The minimum Gasteiger partial charge on any atom is -0.393 e. The Labute approximate surface area is 106 Å². The average Bonchev–Trinajstić information content (AvgIpc) is 3.07. The lowest BCUT2D eigenvalue weighted by atomic mass is 9.92. The Balaban J connectivity index is 1.61. The number of nitrogens with zero attached hydrogens (tertiary/aromatic N) is 3. The fourth-order valence-corrected chi connectivity index (χ4v) is 3.23. The normalized spacial score (nSPS) is 24.0. The third kappa shape index (κ3) is 2.45. The van der Waals surface area contributed by atoms with E-state index in [-0.39, 0.29) is 6.10 Å². The highest BCUT2D eigenvalue weighted by Gasteiger charge is 2.30. The molecule has 2 aliphatic rings. The summed E-state index contributed by atoms with van der Waals surface area (Å²) >= 11 is 1.54. The number of aliphatic hydroxyl groups excluding tert-OH is 1. The van der Waals surface area contributed by atoms with Gasteiger partial charge in [0.15, 0.2) is 0 Å². The molecule has 1 saturated carbocycles. The van der Waals surface area contributed by atoms with Crippen molar-refractivity contribution in [1.82, 2.24) is 9.36 Å². The number of aromatic nitrogens is 2. The molecule has 1 N–H and O–H groups in total. The van der Waals surface area contributed by atoms with E-state index in [1.165, 1.54) is 24.4 Å². The van der Waals surface area contributed by atoms with Crippen LogP contribution >= 0.6 is 11.5 Å². The molecule has 1 aliphatic carbocycles. The van der Waals surface area contributed by atoms with E-state index in [0.29, 0.717) is 11.8 Å². The molecule has 2 heterocycles. The molecule has 0 radical (unpaired) electrons. The quantitative estimate of drug-likeness (QED) is 0.895. The van der Waals surface area contributed by atoms with Crippen molar-refractivity contribution in [1.29, 1.82) is 0 Å². The smallest absolute Gasteiger partial charge is 0.205 e. The van der Waals surface area contributed by atoms with Gasteiger partial charge < -0.3 is 10.0 Å². The number of aliphatic hydroxyl groups is 1. The molecule has 1 aliphatic heterocycles. The first-order valence-corrected chi connectivity index (χ1v) is 7.28. The van der Waals surface area contributed by atoms with Crippen molar-refractivity contribution in [3.63, 3.8) is 0 Å². The first-order chi connectivity index (χ1) is 8.24. The SMILES string of the molecule is CC(O)C1CCN(c2nc(C3CC3)ns2)CC1.